The maximum atomic E-state index is 13.3. The van der Waals surface area contributed by atoms with Gasteiger partial charge in [0.25, 0.3) is 0 Å². The predicted octanol–water partition coefficient (Wildman–Crippen LogP) is 7.03. The number of benzene rings is 2. The molecule has 2 unspecified atom stereocenters. The number of methoxy groups -OCH3 is 1. The van der Waals surface area contributed by atoms with Gasteiger partial charge in [0.15, 0.2) is 0 Å². The van der Waals surface area contributed by atoms with Gasteiger partial charge in [0, 0.05) is 32.1 Å². The highest BCUT2D eigenvalue weighted by Crippen LogP contribution is 2.47. The van der Waals surface area contributed by atoms with Gasteiger partial charge >= 0.3 is 6.03 Å². The summed E-state index contributed by atoms with van der Waals surface area (Å²) in [4.78, 5) is 28.4. The second kappa shape index (κ2) is 14.1. The van der Waals surface area contributed by atoms with Crippen LogP contribution in [-0.4, -0.2) is 37.0 Å². The first-order valence-electron chi connectivity index (χ1n) is 15.9. The van der Waals surface area contributed by atoms with Crippen molar-refractivity contribution in [3.05, 3.63) is 77.4 Å². The van der Waals surface area contributed by atoms with Crippen LogP contribution in [0.1, 0.15) is 69.1 Å². The fraction of sp³-hybridized carbons (Fsp3) is 0.500. The van der Waals surface area contributed by atoms with Crippen LogP contribution in [0.4, 0.5) is 4.79 Å². The molecule has 5 rings (SSSR count). The summed E-state index contributed by atoms with van der Waals surface area (Å²) in [5.74, 6) is 2.50. The molecule has 1 aliphatic heterocycles. The molecule has 0 radical (unpaired) electrons. The summed E-state index contributed by atoms with van der Waals surface area (Å²) in [7, 11) is 1.69. The van der Waals surface area contributed by atoms with Crippen LogP contribution in [0.25, 0.3) is 11.1 Å². The van der Waals surface area contributed by atoms with Crippen LogP contribution < -0.4 is 15.4 Å². The second-order valence-corrected chi connectivity index (χ2v) is 12.2. The lowest BCUT2D eigenvalue weighted by Crippen LogP contribution is -2.44. The number of nitrogens with one attached hydrogen (secondary N) is 2. The van der Waals surface area contributed by atoms with Crippen LogP contribution in [0.2, 0.25) is 0 Å². The Labute approximate surface area is 251 Å². The number of allylic oxidation sites excluding steroid dienone is 4. The Hall–Kier alpha value is -3.54. The van der Waals surface area contributed by atoms with E-state index in [1.807, 2.05) is 17.0 Å². The molecule has 0 bridgehead atoms. The Balaban J connectivity index is 1.31. The number of amides is 3. The van der Waals surface area contributed by atoms with Gasteiger partial charge in [-0.25, -0.2) is 4.79 Å². The quantitative estimate of drug-likeness (QED) is 0.288. The summed E-state index contributed by atoms with van der Waals surface area (Å²) >= 11 is 0. The minimum atomic E-state index is 0.00720. The van der Waals surface area contributed by atoms with E-state index in [-0.39, 0.29) is 17.9 Å². The monoisotopic (exact) mass is 569 g/mol. The van der Waals surface area contributed by atoms with Crippen LogP contribution in [-0.2, 0) is 24.3 Å². The standard InChI is InChI=1S/C36H47N3O3/c1-4-6-11-25(5-2)22-38-36(41)39-19-18-31-30(27-14-10-15-29(20-27)42-3)17-16-28(34(31)24-39)23-37-35(40)33-21-32(33)26-12-8-7-9-13-26/h7-10,12,14-17,20,25-26,32-33H,4-6,11,13,18-19,21-24H2,1-3H3,(H,37,40)(H,38,41)/t25?,26?,32-,33+/m0/s1. The summed E-state index contributed by atoms with van der Waals surface area (Å²) in [6.07, 6.45) is 16.0. The number of ether oxygens (including phenoxy) is 1. The van der Waals surface area contributed by atoms with Gasteiger partial charge in [-0.15, -0.1) is 0 Å². The number of carbonyl (C=O) groups excluding carboxylic acids is 2. The third-order valence-electron chi connectivity index (χ3n) is 9.46. The van der Waals surface area contributed by atoms with E-state index in [1.165, 1.54) is 24.0 Å². The van der Waals surface area contributed by atoms with Crippen molar-refractivity contribution >= 4 is 11.9 Å². The first-order valence-corrected chi connectivity index (χ1v) is 15.9. The van der Waals surface area contributed by atoms with Gasteiger partial charge < -0.3 is 20.3 Å². The number of nitrogens with zero attached hydrogens (tertiary/aromatic N) is 1. The lowest BCUT2D eigenvalue weighted by molar-refractivity contribution is -0.122. The van der Waals surface area contributed by atoms with Gasteiger partial charge in [-0.3, -0.25) is 4.79 Å². The highest BCUT2D eigenvalue weighted by atomic mass is 16.5. The van der Waals surface area contributed by atoms with Gasteiger partial charge in [0.05, 0.1) is 7.11 Å². The molecule has 3 aliphatic rings. The summed E-state index contributed by atoms with van der Waals surface area (Å²) in [6.45, 7) is 6.83. The van der Waals surface area contributed by atoms with E-state index in [1.54, 1.807) is 7.11 Å². The molecule has 6 nitrogen and oxygen atoms in total. The van der Waals surface area contributed by atoms with E-state index in [0.717, 1.165) is 61.1 Å². The van der Waals surface area contributed by atoms with E-state index >= 15 is 0 Å². The Morgan fingerprint density at radius 1 is 1.10 bits per heavy atom. The molecular weight excluding hydrogens is 522 g/mol. The maximum Gasteiger partial charge on any atom is 0.317 e. The van der Waals surface area contributed by atoms with Crippen LogP contribution in [0.15, 0.2) is 60.7 Å². The number of fused-ring (bicyclic) bond motifs is 1. The molecule has 3 amide bonds. The molecule has 0 spiro atoms. The maximum absolute atomic E-state index is 13.3. The van der Waals surface area contributed by atoms with Crippen LogP contribution >= 0.6 is 0 Å². The van der Waals surface area contributed by atoms with Crippen molar-refractivity contribution in [1.82, 2.24) is 15.5 Å². The molecule has 4 atom stereocenters. The number of hydrogen-bond donors (Lipinski definition) is 2. The van der Waals surface area contributed by atoms with Crippen molar-refractivity contribution in [2.75, 3.05) is 20.2 Å². The zero-order valence-electron chi connectivity index (χ0n) is 25.5. The molecule has 1 saturated carbocycles. The average molecular weight is 570 g/mol. The molecule has 2 aromatic carbocycles. The molecule has 1 fully saturated rings. The van der Waals surface area contributed by atoms with Gasteiger partial charge in [-0.2, -0.15) is 0 Å². The van der Waals surface area contributed by atoms with Crippen molar-refractivity contribution in [2.24, 2.45) is 23.7 Å². The zero-order valence-corrected chi connectivity index (χ0v) is 25.5. The molecule has 2 aromatic rings. The smallest absolute Gasteiger partial charge is 0.317 e. The molecule has 0 saturated heterocycles. The third kappa shape index (κ3) is 7.08. The Morgan fingerprint density at radius 3 is 2.74 bits per heavy atom. The number of unbranched alkanes of at least 4 members (excludes halogenated alkanes) is 1. The first kappa shape index (κ1) is 29.9. The number of rotatable bonds is 12. The summed E-state index contributed by atoms with van der Waals surface area (Å²) < 4.78 is 5.50. The molecule has 224 valence electrons. The van der Waals surface area contributed by atoms with Crippen molar-refractivity contribution < 1.29 is 14.3 Å². The lowest BCUT2D eigenvalue weighted by Gasteiger charge is -2.32. The predicted molar refractivity (Wildman–Crippen MR) is 169 cm³/mol. The third-order valence-corrected chi connectivity index (χ3v) is 9.46. The first-order chi connectivity index (χ1) is 20.5. The van der Waals surface area contributed by atoms with Gasteiger partial charge in [-0.1, -0.05) is 81.7 Å². The average Bonchev–Trinajstić information content (AvgIpc) is 3.85. The fourth-order valence-electron chi connectivity index (χ4n) is 6.65. The highest BCUT2D eigenvalue weighted by Gasteiger charge is 2.46. The minimum absolute atomic E-state index is 0.00720. The lowest BCUT2D eigenvalue weighted by atomic mass is 9.87. The second-order valence-electron chi connectivity index (χ2n) is 12.2. The van der Waals surface area contributed by atoms with Gasteiger partial charge in [0.2, 0.25) is 5.91 Å². The molecule has 6 heteroatoms. The highest BCUT2D eigenvalue weighted by molar-refractivity contribution is 5.82. The van der Waals surface area contributed by atoms with Crippen LogP contribution in [0.5, 0.6) is 5.75 Å². The van der Waals surface area contributed by atoms with Crippen LogP contribution in [0, 0.1) is 23.7 Å². The van der Waals surface area contributed by atoms with Crippen molar-refractivity contribution in [3.8, 4) is 16.9 Å². The van der Waals surface area contributed by atoms with E-state index in [9.17, 15) is 9.59 Å². The van der Waals surface area contributed by atoms with Crippen LogP contribution in [0.3, 0.4) is 0 Å². The molecule has 0 aromatic heterocycles. The molecule has 2 aliphatic carbocycles. The normalized spacial score (nSPS) is 21.4. The topological polar surface area (TPSA) is 70.7 Å². The Bertz CT molecular complexity index is 1320. The van der Waals surface area contributed by atoms with E-state index in [4.69, 9.17) is 4.74 Å². The van der Waals surface area contributed by atoms with Gasteiger partial charge in [-0.05, 0) is 83.4 Å². The van der Waals surface area contributed by atoms with Crippen molar-refractivity contribution in [3.63, 3.8) is 0 Å². The fourth-order valence-corrected chi connectivity index (χ4v) is 6.65. The molecule has 42 heavy (non-hydrogen) atoms. The largest absolute Gasteiger partial charge is 0.497 e. The van der Waals surface area contributed by atoms with E-state index < -0.39 is 0 Å². The van der Waals surface area contributed by atoms with E-state index in [2.05, 4.69) is 73.1 Å². The Morgan fingerprint density at radius 2 is 1.98 bits per heavy atom. The molecule has 2 N–H and O–H groups in total. The van der Waals surface area contributed by atoms with Crippen molar-refractivity contribution in [2.45, 2.75) is 71.9 Å². The van der Waals surface area contributed by atoms with Gasteiger partial charge in [0.1, 0.15) is 5.75 Å². The number of hydrogen-bond acceptors (Lipinski definition) is 3. The summed E-state index contributed by atoms with van der Waals surface area (Å²) in [6, 6.07) is 12.5. The summed E-state index contributed by atoms with van der Waals surface area (Å²) in [5.41, 5.74) is 5.79. The van der Waals surface area contributed by atoms with E-state index in [0.29, 0.717) is 37.4 Å². The zero-order chi connectivity index (χ0) is 29.5. The SMILES string of the molecule is CCCCC(CC)CNC(=O)N1CCc2c(-c3cccc(OC)c3)ccc(CNC(=O)[C@@H]3C[C@H]3C3C=CC=CC3)c2C1. The number of urea groups is 1. The van der Waals surface area contributed by atoms with Crippen molar-refractivity contribution in [1.29, 1.82) is 0 Å². The molecule has 1 heterocycles. The molecular formula is C36H47N3O3. The number of carbonyl (C=O) groups is 2. The minimum Gasteiger partial charge on any atom is -0.497 e. The Kier molecular flexibility index (Phi) is 10.0. The summed E-state index contributed by atoms with van der Waals surface area (Å²) in [5, 5.41) is 6.47.